The number of anilines is 1. The molecule has 5 atom stereocenters. The number of hydrogen-bond acceptors (Lipinski definition) is 11. The summed E-state index contributed by atoms with van der Waals surface area (Å²) < 4.78 is 53.0. The number of nitrogens with two attached hydrogens (primary N) is 1. The summed E-state index contributed by atoms with van der Waals surface area (Å²) in [4.78, 5) is 43.9. The van der Waals surface area contributed by atoms with E-state index < -0.39 is 48.0 Å². The minimum absolute atomic E-state index is 0.113. The maximum atomic E-state index is 12.0. The van der Waals surface area contributed by atoms with Crippen molar-refractivity contribution in [2.24, 2.45) is 0 Å². The molecule has 16 nitrogen and oxygen atoms in total. The molecule has 19 heteroatoms. The minimum atomic E-state index is -5.71. The molecule has 0 amide bonds. The van der Waals surface area contributed by atoms with Crippen LogP contribution in [0.2, 0.25) is 0 Å². The van der Waals surface area contributed by atoms with Gasteiger partial charge in [-0.2, -0.15) is 8.62 Å². The van der Waals surface area contributed by atoms with Gasteiger partial charge >= 0.3 is 23.5 Å². The number of aromatic nitrogens is 3. The Morgan fingerprint density at radius 2 is 1.94 bits per heavy atom. The molecule has 1 aliphatic heterocycles. The Morgan fingerprint density at radius 1 is 1.25 bits per heavy atom. The molecule has 32 heavy (non-hydrogen) atoms. The predicted octanol–water partition coefficient (Wildman–Crippen LogP) is 0.00860. The van der Waals surface area contributed by atoms with Gasteiger partial charge in [-0.25, -0.2) is 23.7 Å². The van der Waals surface area contributed by atoms with E-state index >= 15 is 0 Å². The second kappa shape index (κ2) is 8.58. The Bertz CT molecular complexity index is 1210. The quantitative estimate of drug-likeness (QED) is 0.201. The standard InChI is InChI=1S/C13H17N4O12P3/c1-2-13(6-26-31(22,23)29-32(24,25)28-30(19,20)21)9(18)5-10(27-13)17-4-3-8-11(14)15-7-16-12(8)17/h1,3-4,7,9-10,18H,5-6H2,(H,22,23)(H,24,25)(H2,14,15,16)(H2,19,20,21)/t9-,10+,13+/m0/s1. The summed E-state index contributed by atoms with van der Waals surface area (Å²) >= 11 is 0. The van der Waals surface area contributed by atoms with Gasteiger partial charge in [0.15, 0.2) is 5.60 Å². The van der Waals surface area contributed by atoms with Gasteiger partial charge in [0.05, 0.1) is 5.39 Å². The number of aliphatic hydroxyl groups is 1. The molecule has 3 heterocycles. The van der Waals surface area contributed by atoms with Gasteiger partial charge in [0.25, 0.3) is 0 Å². The molecule has 3 rings (SSSR count). The zero-order valence-corrected chi connectivity index (χ0v) is 18.4. The molecule has 0 aliphatic carbocycles. The van der Waals surface area contributed by atoms with Crippen LogP contribution in [-0.4, -0.2) is 57.5 Å². The van der Waals surface area contributed by atoms with Crippen molar-refractivity contribution in [3.05, 3.63) is 18.6 Å². The maximum absolute atomic E-state index is 12.0. The molecule has 2 aromatic rings. The summed E-state index contributed by atoms with van der Waals surface area (Å²) in [5.41, 5.74) is 4.13. The number of hydrogen-bond donors (Lipinski definition) is 6. The Hall–Kier alpha value is -1.69. The lowest BCUT2D eigenvalue weighted by Gasteiger charge is -2.27. The Kier molecular flexibility index (Phi) is 6.69. The fraction of sp³-hybridized carbons (Fsp3) is 0.385. The lowest BCUT2D eigenvalue weighted by atomic mass is 9.99. The van der Waals surface area contributed by atoms with Crippen molar-refractivity contribution in [3.63, 3.8) is 0 Å². The van der Waals surface area contributed by atoms with Crippen LogP contribution in [0.5, 0.6) is 0 Å². The lowest BCUT2D eigenvalue weighted by molar-refractivity contribution is -0.0873. The number of fused-ring (bicyclic) bond motifs is 1. The van der Waals surface area contributed by atoms with Crippen molar-refractivity contribution < 1.29 is 56.3 Å². The highest BCUT2D eigenvalue weighted by molar-refractivity contribution is 7.66. The van der Waals surface area contributed by atoms with E-state index in [1.165, 1.54) is 10.9 Å². The third-order valence-electron chi connectivity index (χ3n) is 4.26. The molecular weight excluding hydrogens is 497 g/mol. The van der Waals surface area contributed by atoms with Crippen molar-refractivity contribution in [1.82, 2.24) is 14.5 Å². The zero-order valence-electron chi connectivity index (χ0n) is 15.7. The third kappa shape index (κ3) is 5.44. The highest BCUT2D eigenvalue weighted by Gasteiger charge is 2.50. The van der Waals surface area contributed by atoms with E-state index in [0.29, 0.717) is 11.0 Å². The van der Waals surface area contributed by atoms with Crippen molar-refractivity contribution in [1.29, 1.82) is 0 Å². The second-order valence-electron chi connectivity index (χ2n) is 6.44. The summed E-state index contributed by atoms with van der Waals surface area (Å²) in [6.07, 6.45) is 5.72. The number of nitrogens with zero attached hydrogens (tertiary/aromatic N) is 3. The Morgan fingerprint density at radius 3 is 2.56 bits per heavy atom. The summed E-state index contributed by atoms with van der Waals surface area (Å²) in [6, 6.07) is 1.60. The Labute approximate surface area is 179 Å². The average Bonchev–Trinajstić information content (AvgIpc) is 3.19. The summed E-state index contributed by atoms with van der Waals surface area (Å²) in [6.45, 7) is -1.01. The lowest BCUT2D eigenvalue weighted by Crippen LogP contribution is -2.42. The van der Waals surface area contributed by atoms with Crippen molar-refractivity contribution >= 4 is 40.3 Å². The van der Waals surface area contributed by atoms with Crippen LogP contribution in [0.1, 0.15) is 12.6 Å². The average molecular weight is 514 g/mol. The molecule has 1 aliphatic rings. The highest BCUT2D eigenvalue weighted by atomic mass is 31.3. The van der Waals surface area contributed by atoms with E-state index in [0.717, 1.165) is 0 Å². The van der Waals surface area contributed by atoms with Crippen LogP contribution in [0.3, 0.4) is 0 Å². The molecule has 176 valence electrons. The normalized spacial score (nSPS) is 27.6. The first-order chi connectivity index (χ1) is 14.7. The van der Waals surface area contributed by atoms with Gasteiger partial charge < -0.3 is 39.7 Å². The van der Waals surface area contributed by atoms with Gasteiger partial charge in [0.2, 0.25) is 0 Å². The number of phosphoric ester groups is 1. The first-order valence-electron chi connectivity index (χ1n) is 8.36. The minimum Gasteiger partial charge on any atom is -0.389 e. The van der Waals surface area contributed by atoms with E-state index in [1.54, 1.807) is 12.3 Å². The third-order valence-corrected chi connectivity index (χ3v) is 8.04. The van der Waals surface area contributed by atoms with Crippen LogP contribution in [0.15, 0.2) is 18.6 Å². The monoisotopic (exact) mass is 514 g/mol. The maximum Gasteiger partial charge on any atom is 0.490 e. The van der Waals surface area contributed by atoms with Gasteiger partial charge in [-0.15, -0.1) is 6.42 Å². The van der Waals surface area contributed by atoms with Crippen LogP contribution in [-0.2, 0) is 31.6 Å². The highest BCUT2D eigenvalue weighted by Crippen LogP contribution is 2.66. The molecule has 0 radical (unpaired) electrons. The number of nitrogen functional groups attached to an aromatic ring is 1. The van der Waals surface area contributed by atoms with E-state index in [4.69, 9.17) is 26.7 Å². The van der Waals surface area contributed by atoms with Gasteiger partial charge in [-0.1, -0.05) is 5.92 Å². The number of aliphatic hydroxyl groups excluding tert-OH is 1. The van der Waals surface area contributed by atoms with Crippen molar-refractivity contribution in [2.75, 3.05) is 12.3 Å². The van der Waals surface area contributed by atoms with Gasteiger partial charge in [0.1, 0.15) is 36.7 Å². The van der Waals surface area contributed by atoms with Gasteiger partial charge in [0, 0.05) is 12.6 Å². The number of terminal acetylenes is 1. The summed E-state index contributed by atoms with van der Waals surface area (Å²) in [5, 5.41) is 11.0. The number of rotatable bonds is 8. The molecule has 0 aromatic carbocycles. The number of phosphoric acid groups is 3. The fourth-order valence-corrected chi connectivity index (χ4v) is 5.98. The molecule has 7 N–H and O–H groups in total. The van der Waals surface area contributed by atoms with Gasteiger partial charge in [-0.3, -0.25) is 4.52 Å². The largest absolute Gasteiger partial charge is 0.490 e. The molecule has 2 unspecified atom stereocenters. The van der Waals surface area contributed by atoms with Gasteiger partial charge in [-0.05, 0) is 6.07 Å². The molecule has 1 saturated heterocycles. The number of ether oxygens (including phenoxy) is 1. The topological polar surface area (TPSA) is 246 Å². The zero-order chi connectivity index (χ0) is 23.9. The van der Waals surface area contributed by atoms with Crippen LogP contribution < -0.4 is 5.73 Å². The van der Waals surface area contributed by atoms with Crippen molar-refractivity contribution in [2.45, 2.75) is 24.4 Å². The first kappa shape index (κ1) is 24.9. The van der Waals surface area contributed by atoms with Crippen LogP contribution in [0, 0.1) is 12.3 Å². The van der Waals surface area contributed by atoms with E-state index in [2.05, 4.69) is 29.0 Å². The summed E-state index contributed by atoms with van der Waals surface area (Å²) in [7, 11) is -16.7. The molecule has 0 bridgehead atoms. The van der Waals surface area contributed by atoms with Crippen molar-refractivity contribution in [3.8, 4) is 12.3 Å². The predicted molar refractivity (Wildman–Crippen MR) is 104 cm³/mol. The van der Waals surface area contributed by atoms with Crippen LogP contribution in [0.4, 0.5) is 5.82 Å². The smallest absolute Gasteiger partial charge is 0.389 e. The van der Waals surface area contributed by atoms with E-state index in [1.807, 2.05) is 0 Å². The van der Waals surface area contributed by atoms with E-state index in [-0.39, 0.29) is 12.2 Å². The molecular formula is C13H17N4O12P3. The first-order valence-corrected chi connectivity index (χ1v) is 12.9. The SMILES string of the molecule is C#C[C@]1(COP(=O)(O)OP(=O)(O)OP(=O)(O)O)O[C@@H](n2ccc3c(N)ncnc32)C[C@@H]1O. The van der Waals surface area contributed by atoms with Crippen LogP contribution in [0.25, 0.3) is 11.0 Å². The molecule has 2 aromatic heterocycles. The molecule has 0 saturated carbocycles. The molecule has 0 spiro atoms. The summed E-state index contributed by atoms with van der Waals surface area (Å²) in [5.74, 6) is 2.31. The Balaban J connectivity index is 1.76. The fourth-order valence-electron chi connectivity index (χ4n) is 2.93. The molecule has 1 fully saturated rings. The van der Waals surface area contributed by atoms with Crippen LogP contribution >= 0.6 is 23.5 Å². The second-order valence-corrected chi connectivity index (χ2v) is 10.9. The van der Waals surface area contributed by atoms with E-state index in [9.17, 15) is 28.6 Å².